The zero-order chi connectivity index (χ0) is 7.78. The molecule has 2 atom stereocenters. The molecule has 2 nitrogen and oxygen atoms in total. The molecule has 1 aliphatic carbocycles. The summed E-state index contributed by atoms with van der Waals surface area (Å²) in [6, 6.07) is 0. The largest absolute Gasteiger partial charge is 0.246 e. The number of alkyl halides is 1. The Balaban J connectivity index is 2.74. The average molecular weight is 187 g/mol. The highest BCUT2D eigenvalue weighted by molar-refractivity contribution is 8.14. The van der Waals surface area contributed by atoms with Crippen molar-refractivity contribution in [2.45, 2.75) is 30.7 Å². The molecule has 1 aliphatic rings. The third-order valence-electron chi connectivity index (χ3n) is 1.73. The highest BCUT2D eigenvalue weighted by atomic mass is 35.7. The van der Waals surface area contributed by atoms with E-state index in [0.717, 1.165) is 0 Å². The molecule has 1 fully saturated rings. The molecule has 0 saturated heterocycles. The van der Waals surface area contributed by atoms with Gasteiger partial charge >= 0.3 is 0 Å². The summed E-state index contributed by atoms with van der Waals surface area (Å²) in [6.07, 6.45) is 0.0731. The molecular weight excluding hydrogens is 179 g/mol. The predicted octanol–water partition coefficient (Wildman–Crippen LogP) is 1.45. The summed E-state index contributed by atoms with van der Waals surface area (Å²) in [5, 5.41) is -0.950. The maximum absolute atomic E-state index is 12.6. The zero-order valence-electron chi connectivity index (χ0n) is 5.26. The van der Waals surface area contributed by atoms with E-state index in [0.29, 0.717) is 19.3 Å². The van der Waals surface area contributed by atoms with E-state index in [-0.39, 0.29) is 0 Å². The van der Waals surface area contributed by atoms with Crippen molar-refractivity contribution in [3.05, 3.63) is 0 Å². The molecule has 0 N–H and O–H groups in total. The van der Waals surface area contributed by atoms with Gasteiger partial charge in [-0.3, -0.25) is 0 Å². The van der Waals surface area contributed by atoms with E-state index in [9.17, 15) is 12.8 Å². The van der Waals surface area contributed by atoms with Crippen molar-refractivity contribution in [1.29, 1.82) is 0 Å². The van der Waals surface area contributed by atoms with Crippen LogP contribution in [0.5, 0.6) is 0 Å². The third kappa shape index (κ3) is 1.61. The summed E-state index contributed by atoms with van der Waals surface area (Å²) in [7, 11) is 1.31. The van der Waals surface area contributed by atoms with Gasteiger partial charge in [0.2, 0.25) is 9.05 Å². The third-order valence-corrected chi connectivity index (χ3v) is 3.67. The number of hydrogen-bond donors (Lipinski definition) is 0. The summed E-state index contributed by atoms with van der Waals surface area (Å²) in [5.41, 5.74) is 0. The Kier molecular flexibility index (Phi) is 2.20. The quantitative estimate of drug-likeness (QED) is 0.581. The van der Waals surface area contributed by atoms with Crippen LogP contribution in [0, 0.1) is 0 Å². The SMILES string of the molecule is O=S(=O)(Cl)[C@@H]1CCC[C@@H]1F. The molecule has 0 radical (unpaired) electrons. The van der Waals surface area contributed by atoms with Gasteiger partial charge in [-0.15, -0.1) is 0 Å². The summed E-state index contributed by atoms with van der Waals surface area (Å²) in [6.45, 7) is 0. The van der Waals surface area contributed by atoms with Gasteiger partial charge < -0.3 is 0 Å². The normalized spacial score (nSPS) is 34.6. The van der Waals surface area contributed by atoms with Crippen LogP contribution < -0.4 is 0 Å². The van der Waals surface area contributed by atoms with E-state index in [2.05, 4.69) is 0 Å². The fraction of sp³-hybridized carbons (Fsp3) is 1.00. The molecule has 0 unspecified atom stereocenters. The van der Waals surface area contributed by atoms with Crippen LogP contribution in [-0.2, 0) is 9.05 Å². The highest BCUT2D eigenvalue weighted by Crippen LogP contribution is 2.29. The first kappa shape index (κ1) is 8.27. The topological polar surface area (TPSA) is 34.1 Å². The summed E-state index contributed by atoms with van der Waals surface area (Å²) in [4.78, 5) is 0. The van der Waals surface area contributed by atoms with Gasteiger partial charge in [0.05, 0.1) is 0 Å². The molecule has 0 aromatic heterocycles. The molecule has 0 aliphatic heterocycles. The van der Waals surface area contributed by atoms with Crippen LogP contribution in [0.1, 0.15) is 19.3 Å². The van der Waals surface area contributed by atoms with E-state index in [4.69, 9.17) is 10.7 Å². The van der Waals surface area contributed by atoms with Gasteiger partial charge in [-0.1, -0.05) is 0 Å². The van der Waals surface area contributed by atoms with Gasteiger partial charge in [-0.25, -0.2) is 12.8 Å². The molecule has 10 heavy (non-hydrogen) atoms. The van der Waals surface area contributed by atoms with Crippen LogP contribution in [0.25, 0.3) is 0 Å². The fourth-order valence-corrected chi connectivity index (χ4v) is 2.74. The maximum Gasteiger partial charge on any atom is 0.238 e. The predicted molar refractivity (Wildman–Crippen MR) is 37.3 cm³/mol. The molecule has 0 spiro atoms. The standard InChI is InChI=1S/C5H8ClFO2S/c6-10(8,9)5-3-1-2-4(5)7/h4-5H,1-3H2/t4-,5+/m0/s1. The van der Waals surface area contributed by atoms with Crippen LogP contribution in [0.15, 0.2) is 0 Å². The van der Waals surface area contributed by atoms with Gasteiger partial charge in [0.15, 0.2) is 0 Å². The molecule has 0 aromatic rings. The highest BCUT2D eigenvalue weighted by Gasteiger charge is 2.36. The molecule has 1 saturated carbocycles. The molecule has 0 bridgehead atoms. The molecule has 0 heterocycles. The van der Waals surface area contributed by atoms with Crippen molar-refractivity contribution < 1.29 is 12.8 Å². The van der Waals surface area contributed by atoms with Crippen LogP contribution in [0.4, 0.5) is 4.39 Å². The molecule has 0 aromatic carbocycles. The van der Waals surface area contributed by atoms with E-state index in [1.165, 1.54) is 0 Å². The van der Waals surface area contributed by atoms with Gasteiger partial charge in [0.25, 0.3) is 0 Å². The van der Waals surface area contributed by atoms with Crippen molar-refractivity contribution in [2.75, 3.05) is 0 Å². The minimum Gasteiger partial charge on any atom is -0.246 e. The Morgan fingerprint density at radius 3 is 2.20 bits per heavy atom. The lowest BCUT2D eigenvalue weighted by molar-refractivity contribution is 0.344. The summed E-state index contributed by atoms with van der Waals surface area (Å²) >= 11 is 0. The first-order valence-electron chi connectivity index (χ1n) is 3.09. The van der Waals surface area contributed by atoms with Crippen molar-refractivity contribution in [3.63, 3.8) is 0 Å². The van der Waals surface area contributed by atoms with Crippen LogP contribution in [-0.4, -0.2) is 19.8 Å². The van der Waals surface area contributed by atoms with Crippen LogP contribution >= 0.6 is 10.7 Å². The summed E-state index contributed by atoms with van der Waals surface area (Å²) in [5.74, 6) is 0. The lowest BCUT2D eigenvalue weighted by Gasteiger charge is -2.06. The number of rotatable bonds is 1. The second-order valence-electron chi connectivity index (χ2n) is 2.46. The van der Waals surface area contributed by atoms with Crippen molar-refractivity contribution >= 4 is 19.7 Å². The number of halogens is 2. The summed E-state index contributed by atoms with van der Waals surface area (Å²) < 4.78 is 33.8. The Morgan fingerprint density at radius 2 is 2.00 bits per heavy atom. The average Bonchev–Trinajstić information content (AvgIpc) is 2.11. The Hall–Kier alpha value is 0.170. The van der Waals surface area contributed by atoms with E-state index >= 15 is 0 Å². The lowest BCUT2D eigenvalue weighted by atomic mass is 10.3. The molecular formula is C5H8ClFO2S. The van der Waals surface area contributed by atoms with E-state index in [1.807, 2.05) is 0 Å². The molecule has 1 rings (SSSR count). The van der Waals surface area contributed by atoms with Gasteiger partial charge in [-0.05, 0) is 19.3 Å². The van der Waals surface area contributed by atoms with Gasteiger partial charge in [-0.2, -0.15) is 0 Å². The monoisotopic (exact) mass is 186 g/mol. The molecule has 60 valence electrons. The van der Waals surface area contributed by atoms with E-state index in [1.54, 1.807) is 0 Å². The Morgan fingerprint density at radius 1 is 1.40 bits per heavy atom. The van der Waals surface area contributed by atoms with Crippen molar-refractivity contribution in [3.8, 4) is 0 Å². The lowest BCUT2D eigenvalue weighted by Crippen LogP contribution is -2.21. The van der Waals surface area contributed by atoms with E-state index < -0.39 is 20.5 Å². The second-order valence-corrected chi connectivity index (χ2v) is 5.31. The smallest absolute Gasteiger partial charge is 0.238 e. The first-order valence-corrected chi connectivity index (χ1v) is 5.46. The molecule has 0 amide bonds. The maximum atomic E-state index is 12.6. The van der Waals surface area contributed by atoms with Gasteiger partial charge in [0.1, 0.15) is 11.4 Å². The first-order chi connectivity index (χ1) is 4.52. The Labute approximate surface area is 63.8 Å². The van der Waals surface area contributed by atoms with Crippen LogP contribution in [0.2, 0.25) is 0 Å². The van der Waals surface area contributed by atoms with Crippen molar-refractivity contribution in [2.24, 2.45) is 0 Å². The fourth-order valence-electron chi connectivity index (χ4n) is 1.20. The molecule has 5 heteroatoms. The minimum absolute atomic E-state index is 0.330. The minimum atomic E-state index is -3.65. The Bertz CT molecular complexity index is 214. The number of hydrogen-bond acceptors (Lipinski definition) is 2. The zero-order valence-corrected chi connectivity index (χ0v) is 6.83. The van der Waals surface area contributed by atoms with Crippen LogP contribution in [0.3, 0.4) is 0 Å². The van der Waals surface area contributed by atoms with Crippen molar-refractivity contribution in [1.82, 2.24) is 0 Å². The van der Waals surface area contributed by atoms with Gasteiger partial charge in [0, 0.05) is 10.7 Å². The second kappa shape index (κ2) is 2.66.